The summed E-state index contributed by atoms with van der Waals surface area (Å²) >= 11 is 0. The van der Waals surface area contributed by atoms with E-state index in [1.54, 1.807) is 62.6 Å². The molecule has 1 atom stereocenters. The Morgan fingerprint density at radius 1 is 1.17 bits per heavy atom. The largest absolute Gasteiger partial charge is 0.507 e. The number of aliphatic hydroxyl groups excluding tert-OH is 1. The molecular weight excluding hydrogens is 450 g/mol. The number of aromatic amines is 1. The number of benzene rings is 1. The molecule has 3 aromatic rings. The van der Waals surface area contributed by atoms with Crippen LogP contribution >= 0.6 is 0 Å². The van der Waals surface area contributed by atoms with Crippen molar-refractivity contribution in [3.63, 3.8) is 0 Å². The first-order valence-corrected chi connectivity index (χ1v) is 10.9. The number of rotatable bonds is 6. The number of nitrogens with one attached hydrogen (secondary N) is 1. The number of aryl methyl sites for hydroxylation is 1. The highest BCUT2D eigenvalue weighted by atomic mass is 16.5. The van der Waals surface area contributed by atoms with Gasteiger partial charge in [0.25, 0.3) is 11.7 Å². The van der Waals surface area contributed by atoms with Gasteiger partial charge in [0.1, 0.15) is 17.2 Å². The number of ether oxygens (including phenoxy) is 2. The van der Waals surface area contributed by atoms with E-state index in [1.165, 1.54) is 19.1 Å². The van der Waals surface area contributed by atoms with E-state index in [4.69, 9.17) is 9.47 Å². The highest BCUT2D eigenvalue weighted by molar-refractivity contribution is 6.46. The van der Waals surface area contributed by atoms with E-state index in [-0.39, 0.29) is 29.1 Å². The predicted molar refractivity (Wildman–Crippen MR) is 127 cm³/mol. The highest BCUT2D eigenvalue weighted by Gasteiger charge is 2.46. The number of pyridine rings is 1. The minimum absolute atomic E-state index is 0.0752. The van der Waals surface area contributed by atoms with Gasteiger partial charge < -0.3 is 24.5 Å². The first-order chi connectivity index (χ1) is 16.8. The third kappa shape index (κ3) is 4.16. The van der Waals surface area contributed by atoms with Gasteiger partial charge in [0.2, 0.25) is 0 Å². The quantitative estimate of drug-likeness (QED) is 0.242. The van der Waals surface area contributed by atoms with Gasteiger partial charge in [-0.2, -0.15) is 0 Å². The number of carbonyl (C=O) groups is 3. The van der Waals surface area contributed by atoms with Crippen LogP contribution < -0.4 is 4.74 Å². The second-order valence-corrected chi connectivity index (χ2v) is 8.18. The summed E-state index contributed by atoms with van der Waals surface area (Å²) in [6.45, 7) is 3.41. The van der Waals surface area contributed by atoms with Crippen molar-refractivity contribution >= 4 is 23.4 Å². The predicted octanol–water partition coefficient (Wildman–Crippen LogP) is 3.44. The van der Waals surface area contributed by atoms with Crippen LogP contribution in [0.25, 0.3) is 5.76 Å². The minimum atomic E-state index is -0.888. The number of hydrogen-bond acceptors (Lipinski definition) is 7. The van der Waals surface area contributed by atoms with Crippen molar-refractivity contribution in [1.29, 1.82) is 0 Å². The van der Waals surface area contributed by atoms with E-state index in [2.05, 4.69) is 9.97 Å². The molecule has 3 heterocycles. The zero-order chi connectivity index (χ0) is 25.3. The number of aliphatic hydroxyl groups is 1. The second-order valence-electron chi connectivity index (χ2n) is 8.18. The van der Waals surface area contributed by atoms with E-state index in [0.29, 0.717) is 22.6 Å². The Hall–Kier alpha value is -4.40. The number of esters is 1. The lowest BCUT2D eigenvalue weighted by Crippen LogP contribution is -2.29. The monoisotopic (exact) mass is 475 g/mol. The van der Waals surface area contributed by atoms with Gasteiger partial charge in [0, 0.05) is 30.2 Å². The van der Waals surface area contributed by atoms with Crippen molar-refractivity contribution in [3.8, 4) is 5.75 Å². The Morgan fingerprint density at radius 3 is 2.60 bits per heavy atom. The molecule has 0 aliphatic carbocycles. The van der Waals surface area contributed by atoms with Gasteiger partial charge in [-0.25, -0.2) is 4.79 Å². The Balaban J connectivity index is 1.92. The van der Waals surface area contributed by atoms with Crippen LogP contribution in [0, 0.1) is 13.8 Å². The molecule has 0 unspecified atom stereocenters. The summed E-state index contributed by atoms with van der Waals surface area (Å²) in [5.74, 6) is -2.00. The van der Waals surface area contributed by atoms with Gasteiger partial charge >= 0.3 is 5.97 Å². The topological polar surface area (TPSA) is 122 Å². The van der Waals surface area contributed by atoms with Crippen LogP contribution in [-0.4, -0.2) is 51.9 Å². The molecule has 1 aliphatic heterocycles. The van der Waals surface area contributed by atoms with Crippen LogP contribution in [0.5, 0.6) is 5.75 Å². The lowest BCUT2D eigenvalue weighted by atomic mass is 9.94. The van der Waals surface area contributed by atoms with E-state index in [9.17, 15) is 19.5 Å². The molecule has 1 fully saturated rings. The Bertz CT molecular complexity index is 1340. The van der Waals surface area contributed by atoms with E-state index in [1.807, 2.05) is 0 Å². The summed E-state index contributed by atoms with van der Waals surface area (Å²) in [6, 6.07) is 9.64. The van der Waals surface area contributed by atoms with Gasteiger partial charge in [-0.05, 0) is 48.7 Å². The molecule has 1 aliphatic rings. The molecule has 0 radical (unpaired) electrons. The summed E-state index contributed by atoms with van der Waals surface area (Å²) in [5.41, 5.74) is 2.55. The molecule has 35 heavy (non-hydrogen) atoms. The fraction of sp³-hybridized carbons (Fsp3) is 0.231. The van der Waals surface area contributed by atoms with Gasteiger partial charge in [-0.15, -0.1) is 0 Å². The number of carbonyl (C=O) groups excluding carboxylic acids is 3. The van der Waals surface area contributed by atoms with Crippen LogP contribution in [0.3, 0.4) is 0 Å². The zero-order valence-electron chi connectivity index (χ0n) is 19.8. The van der Waals surface area contributed by atoms with Crippen LogP contribution in [0.2, 0.25) is 0 Å². The number of hydrogen-bond donors (Lipinski definition) is 2. The average Bonchev–Trinajstić information content (AvgIpc) is 3.31. The fourth-order valence-corrected chi connectivity index (χ4v) is 4.44. The van der Waals surface area contributed by atoms with Gasteiger partial charge in [0.05, 0.1) is 25.8 Å². The summed E-state index contributed by atoms with van der Waals surface area (Å²) in [7, 11) is 2.77. The number of Topliss-reactive ketones (excluding diaryl/α,β-unsaturated/α-hetero) is 1. The minimum Gasteiger partial charge on any atom is -0.507 e. The van der Waals surface area contributed by atoms with E-state index < -0.39 is 23.7 Å². The standard InChI is InChI=1S/C26H25N3O6/c1-14-19(15(2)28-21(14)26(33)35-4)23(30)20-22(17-8-5-9-18(11-17)34-3)29(25(32)24(20)31)13-16-7-6-10-27-12-16/h5-12,22,28,30H,13H2,1-4H3/t22-/m1/s1. The fourth-order valence-electron chi connectivity index (χ4n) is 4.44. The molecular formula is C26H25N3O6. The van der Waals surface area contributed by atoms with Crippen LogP contribution in [0.4, 0.5) is 0 Å². The summed E-state index contributed by atoms with van der Waals surface area (Å²) in [4.78, 5) is 47.1. The van der Waals surface area contributed by atoms with Gasteiger partial charge in [-0.1, -0.05) is 18.2 Å². The zero-order valence-corrected chi connectivity index (χ0v) is 19.8. The molecule has 9 heteroatoms. The first kappa shape index (κ1) is 23.7. The van der Waals surface area contributed by atoms with Crippen molar-refractivity contribution in [3.05, 3.63) is 88.0 Å². The molecule has 1 saturated heterocycles. The molecule has 0 saturated carbocycles. The number of likely N-dealkylation sites (tertiary alicyclic amines) is 1. The molecule has 1 amide bonds. The van der Waals surface area contributed by atoms with Gasteiger partial charge in [0.15, 0.2) is 0 Å². The molecule has 0 spiro atoms. The van der Waals surface area contributed by atoms with Crippen molar-refractivity contribution in [1.82, 2.24) is 14.9 Å². The molecule has 1 aromatic carbocycles. The number of nitrogens with zero attached hydrogens (tertiary/aromatic N) is 2. The van der Waals surface area contributed by atoms with Crippen LogP contribution in [0.15, 0.2) is 54.4 Å². The van der Waals surface area contributed by atoms with E-state index in [0.717, 1.165) is 5.56 Å². The van der Waals surface area contributed by atoms with Gasteiger partial charge in [-0.3, -0.25) is 14.6 Å². The number of amides is 1. The van der Waals surface area contributed by atoms with Crippen molar-refractivity contribution in [2.24, 2.45) is 0 Å². The normalized spacial score (nSPS) is 17.0. The second kappa shape index (κ2) is 9.46. The van der Waals surface area contributed by atoms with Crippen molar-refractivity contribution in [2.45, 2.75) is 26.4 Å². The maximum absolute atomic E-state index is 13.3. The van der Waals surface area contributed by atoms with E-state index >= 15 is 0 Å². The first-order valence-electron chi connectivity index (χ1n) is 10.9. The summed E-state index contributed by atoms with van der Waals surface area (Å²) < 4.78 is 10.2. The van der Waals surface area contributed by atoms with Crippen molar-refractivity contribution < 1.29 is 29.0 Å². The SMILES string of the molecule is COC(=O)c1[nH]c(C)c(C(O)=C2C(=O)C(=O)N(Cc3cccnc3)[C@@H]2c2cccc(OC)c2)c1C. The average molecular weight is 476 g/mol. The Kier molecular flexibility index (Phi) is 6.42. The lowest BCUT2D eigenvalue weighted by Gasteiger charge is -2.25. The third-order valence-electron chi connectivity index (χ3n) is 6.09. The number of H-pyrrole nitrogens is 1. The maximum Gasteiger partial charge on any atom is 0.354 e. The molecule has 2 N–H and O–H groups in total. The van der Waals surface area contributed by atoms with Crippen LogP contribution in [0.1, 0.15) is 44.5 Å². The Morgan fingerprint density at radius 2 is 1.94 bits per heavy atom. The molecule has 9 nitrogen and oxygen atoms in total. The summed E-state index contributed by atoms with van der Waals surface area (Å²) in [6.07, 6.45) is 3.23. The Labute approximate surface area is 202 Å². The van der Waals surface area contributed by atoms with Crippen LogP contribution in [-0.2, 0) is 20.9 Å². The number of aromatic nitrogens is 2. The number of methoxy groups -OCH3 is 2. The highest BCUT2D eigenvalue weighted by Crippen LogP contribution is 2.42. The molecule has 0 bridgehead atoms. The molecule has 2 aromatic heterocycles. The summed E-state index contributed by atoms with van der Waals surface area (Å²) in [5, 5.41) is 11.4. The lowest BCUT2D eigenvalue weighted by molar-refractivity contribution is -0.140. The third-order valence-corrected chi connectivity index (χ3v) is 6.09. The van der Waals surface area contributed by atoms with Crippen molar-refractivity contribution in [2.75, 3.05) is 14.2 Å². The smallest absolute Gasteiger partial charge is 0.354 e. The number of ketones is 1. The molecule has 4 rings (SSSR count). The maximum atomic E-state index is 13.3. The molecule has 180 valence electrons.